The standard InChI is InChI=1S/C28H32ClN7O3/c1-17-9-12-31-15-20(17)22-32-21-23(35-13-10-28(4,11-14-35)25(30)37)33-26(39-16-27(2,3)38)34-24(21)36(22)19-7-5-18(29)6-8-19/h5-9,12,15,38H,10-11,13-14,16H2,1-4H3,(H2,30,37). The van der Waals surface area contributed by atoms with E-state index in [9.17, 15) is 9.90 Å². The minimum absolute atomic E-state index is 0.00134. The van der Waals surface area contributed by atoms with Gasteiger partial charge in [-0.25, -0.2) is 4.98 Å². The van der Waals surface area contributed by atoms with Crippen LogP contribution in [0.5, 0.6) is 6.01 Å². The molecule has 4 aromatic rings. The molecule has 11 heteroatoms. The second-order valence-electron chi connectivity index (χ2n) is 11.0. The number of hydrogen-bond acceptors (Lipinski definition) is 8. The number of fused-ring (bicyclic) bond motifs is 1. The van der Waals surface area contributed by atoms with Crippen LogP contribution in [0, 0.1) is 12.3 Å². The molecule has 4 heterocycles. The predicted molar refractivity (Wildman–Crippen MR) is 150 cm³/mol. The molecule has 1 saturated heterocycles. The van der Waals surface area contributed by atoms with Gasteiger partial charge in [-0.15, -0.1) is 0 Å². The van der Waals surface area contributed by atoms with Crippen molar-refractivity contribution < 1.29 is 14.6 Å². The highest BCUT2D eigenvalue weighted by atomic mass is 35.5. The number of carbonyl (C=O) groups is 1. The number of carbonyl (C=O) groups excluding carboxylic acids is 1. The molecular weight excluding hydrogens is 518 g/mol. The number of piperidine rings is 1. The molecule has 1 fully saturated rings. The normalized spacial score (nSPS) is 15.5. The van der Waals surface area contributed by atoms with Crippen LogP contribution in [0.2, 0.25) is 5.02 Å². The average molecular weight is 550 g/mol. The molecule has 1 aromatic carbocycles. The fourth-order valence-corrected chi connectivity index (χ4v) is 4.75. The van der Waals surface area contributed by atoms with E-state index < -0.39 is 11.0 Å². The second-order valence-corrected chi connectivity index (χ2v) is 11.4. The maximum absolute atomic E-state index is 12.1. The van der Waals surface area contributed by atoms with Gasteiger partial charge in [-0.3, -0.25) is 14.3 Å². The smallest absolute Gasteiger partial charge is 0.320 e. The lowest BCUT2D eigenvalue weighted by Crippen LogP contribution is -2.45. The molecule has 3 N–H and O–H groups in total. The average Bonchev–Trinajstić information content (AvgIpc) is 3.27. The summed E-state index contributed by atoms with van der Waals surface area (Å²) >= 11 is 6.21. The van der Waals surface area contributed by atoms with E-state index in [1.54, 1.807) is 26.2 Å². The van der Waals surface area contributed by atoms with E-state index in [0.717, 1.165) is 16.8 Å². The van der Waals surface area contributed by atoms with Gasteiger partial charge in [0.1, 0.15) is 12.4 Å². The van der Waals surface area contributed by atoms with Crippen molar-refractivity contribution in [3.05, 3.63) is 53.3 Å². The van der Waals surface area contributed by atoms with Crippen LogP contribution in [0.4, 0.5) is 5.82 Å². The van der Waals surface area contributed by atoms with E-state index in [1.807, 2.05) is 48.7 Å². The lowest BCUT2D eigenvalue weighted by molar-refractivity contribution is -0.127. The largest absolute Gasteiger partial charge is 0.460 e. The Morgan fingerprint density at radius 1 is 1.15 bits per heavy atom. The number of hydrogen-bond donors (Lipinski definition) is 2. The van der Waals surface area contributed by atoms with Gasteiger partial charge in [0.25, 0.3) is 0 Å². The van der Waals surface area contributed by atoms with Crippen LogP contribution in [-0.4, -0.2) is 60.8 Å². The van der Waals surface area contributed by atoms with Crippen molar-refractivity contribution in [1.82, 2.24) is 24.5 Å². The van der Waals surface area contributed by atoms with Crippen molar-refractivity contribution in [2.45, 2.75) is 46.1 Å². The molecule has 10 nitrogen and oxygen atoms in total. The topological polar surface area (TPSA) is 132 Å². The van der Waals surface area contributed by atoms with Gasteiger partial charge < -0.3 is 20.5 Å². The van der Waals surface area contributed by atoms with Gasteiger partial charge in [0.15, 0.2) is 17.0 Å². The van der Waals surface area contributed by atoms with Crippen LogP contribution in [0.3, 0.4) is 0 Å². The minimum Gasteiger partial charge on any atom is -0.460 e. The highest BCUT2D eigenvalue weighted by molar-refractivity contribution is 6.30. The maximum atomic E-state index is 12.1. The van der Waals surface area contributed by atoms with Gasteiger partial charge in [-0.2, -0.15) is 9.97 Å². The number of halogens is 1. The fourth-order valence-electron chi connectivity index (χ4n) is 4.62. The Morgan fingerprint density at radius 2 is 1.85 bits per heavy atom. The summed E-state index contributed by atoms with van der Waals surface area (Å²) < 4.78 is 7.83. The van der Waals surface area contributed by atoms with Gasteiger partial charge in [0, 0.05) is 47.2 Å². The molecule has 5 rings (SSSR count). The number of benzene rings is 1. The van der Waals surface area contributed by atoms with Crippen LogP contribution in [-0.2, 0) is 4.79 Å². The van der Waals surface area contributed by atoms with Crippen molar-refractivity contribution in [3.8, 4) is 23.1 Å². The molecule has 0 bridgehead atoms. The van der Waals surface area contributed by atoms with E-state index in [1.165, 1.54) is 0 Å². The molecule has 1 aliphatic rings. The zero-order valence-corrected chi connectivity index (χ0v) is 23.2. The zero-order chi connectivity index (χ0) is 27.9. The quantitative estimate of drug-likeness (QED) is 0.352. The number of imidazole rings is 1. The van der Waals surface area contributed by atoms with Gasteiger partial charge in [0.05, 0.1) is 5.60 Å². The van der Waals surface area contributed by atoms with Crippen LogP contribution < -0.4 is 15.4 Å². The van der Waals surface area contributed by atoms with Crippen LogP contribution in [0.25, 0.3) is 28.2 Å². The molecule has 0 saturated carbocycles. The Bertz CT molecular complexity index is 1520. The first-order valence-electron chi connectivity index (χ1n) is 12.8. The maximum Gasteiger partial charge on any atom is 0.320 e. The summed E-state index contributed by atoms with van der Waals surface area (Å²) in [5, 5.41) is 10.9. The third-order valence-electron chi connectivity index (χ3n) is 7.15. The predicted octanol–water partition coefficient (Wildman–Crippen LogP) is 4.08. The fraction of sp³-hybridized carbons (Fsp3) is 0.393. The number of pyridine rings is 1. The number of nitrogens with zero attached hydrogens (tertiary/aromatic N) is 6. The van der Waals surface area contributed by atoms with Crippen molar-refractivity contribution in [2.75, 3.05) is 24.6 Å². The molecular formula is C28H32ClN7O3. The van der Waals surface area contributed by atoms with Crippen LogP contribution >= 0.6 is 11.6 Å². The van der Waals surface area contributed by atoms with E-state index in [2.05, 4.69) is 9.88 Å². The number of aliphatic hydroxyl groups is 1. The van der Waals surface area contributed by atoms with Gasteiger partial charge in [0.2, 0.25) is 5.91 Å². The molecule has 3 aromatic heterocycles. The van der Waals surface area contributed by atoms with E-state index >= 15 is 0 Å². The minimum atomic E-state index is -1.08. The van der Waals surface area contributed by atoms with Crippen molar-refractivity contribution in [2.24, 2.45) is 11.1 Å². The monoisotopic (exact) mass is 549 g/mol. The first kappa shape index (κ1) is 26.8. The molecule has 0 unspecified atom stereocenters. The molecule has 1 amide bonds. The van der Waals surface area contributed by atoms with Crippen LogP contribution in [0.15, 0.2) is 42.7 Å². The number of primary amides is 1. The van der Waals surface area contributed by atoms with Gasteiger partial charge in [-0.05, 0) is 69.5 Å². The molecule has 0 atom stereocenters. The zero-order valence-electron chi connectivity index (χ0n) is 22.5. The number of aryl methyl sites for hydroxylation is 1. The summed E-state index contributed by atoms with van der Waals surface area (Å²) in [6, 6.07) is 9.47. The number of rotatable bonds is 7. The second kappa shape index (κ2) is 10.1. The Labute approximate surface area is 231 Å². The summed E-state index contributed by atoms with van der Waals surface area (Å²) in [6.45, 7) is 8.34. The number of amides is 1. The number of nitrogens with two attached hydrogens (primary N) is 1. The van der Waals surface area contributed by atoms with Gasteiger partial charge >= 0.3 is 6.01 Å². The highest BCUT2D eigenvalue weighted by Gasteiger charge is 2.37. The van der Waals surface area contributed by atoms with Gasteiger partial charge in [-0.1, -0.05) is 18.5 Å². The molecule has 0 radical (unpaired) electrons. The van der Waals surface area contributed by atoms with Crippen molar-refractivity contribution in [1.29, 1.82) is 0 Å². The molecule has 1 aliphatic heterocycles. The molecule has 0 aliphatic carbocycles. The van der Waals surface area contributed by atoms with E-state index in [-0.39, 0.29) is 18.5 Å². The summed E-state index contributed by atoms with van der Waals surface area (Å²) in [4.78, 5) is 33.1. The molecule has 0 spiro atoms. The number of anilines is 1. The van der Waals surface area contributed by atoms with E-state index in [0.29, 0.717) is 53.8 Å². The number of ether oxygens (including phenoxy) is 1. The van der Waals surface area contributed by atoms with Crippen LogP contribution in [0.1, 0.15) is 39.2 Å². The Kier molecular flexibility index (Phi) is 6.94. The molecule has 39 heavy (non-hydrogen) atoms. The summed E-state index contributed by atoms with van der Waals surface area (Å²) in [5.74, 6) is 0.936. The summed E-state index contributed by atoms with van der Waals surface area (Å²) in [5.41, 5.74) is 7.80. The molecule has 204 valence electrons. The van der Waals surface area contributed by atoms with Crippen molar-refractivity contribution in [3.63, 3.8) is 0 Å². The third-order valence-corrected chi connectivity index (χ3v) is 7.40. The first-order chi connectivity index (χ1) is 18.4. The lowest BCUT2D eigenvalue weighted by atomic mass is 9.80. The lowest BCUT2D eigenvalue weighted by Gasteiger charge is -2.37. The summed E-state index contributed by atoms with van der Waals surface area (Å²) in [6.07, 6.45) is 4.69. The Hall–Kier alpha value is -3.76. The Morgan fingerprint density at radius 3 is 2.46 bits per heavy atom. The first-order valence-corrected chi connectivity index (χ1v) is 13.2. The Balaban J connectivity index is 1.73. The SMILES string of the molecule is Cc1ccncc1-c1nc2c(N3CCC(C)(C(N)=O)CC3)nc(OCC(C)(C)O)nc2n1-c1ccc(Cl)cc1. The summed E-state index contributed by atoms with van der Waals surface area (Å²) in [7, 11) is 0. The third kappa shape index (κ3) is 5.39. The number of aromatic nitrogens is 5. The van der Waals surface area contributed by atoms with Crippen molar-refractivity contribution >= 4 is 34.5 Å². The van der Waals surface area contributed by atoms with E-state index in [4.69, 9.17) is 37.0 Å². The highest BCUT2D eigenvalue weighted by Crippen LogP contribution is 2.38.